The summed E-state index contributed by atoms with van der Waals surface area (Å²) < 4.78 is 1.55. The molecule has 8 heteroatoms. The minimum absolute atomic E-state index is 0.155. The summed E-state index contributed by atoms with van der Waals surface area (Å²) >= 11 is 7.70. The van der Waals surface area contributed by atoms with Gasteiger partial charge in [-0.15, -0.1) is 0 Å². The van der Waals surface area contributed by atoms with Crippen molar-refractivity contribution in [1.82, 2.24) is 24.7 Å². The molecule has 1 N–H and O–H groups in total. The topological polar surface area (TPSA) is 68.5 Å². The molecule has 0 aliphatic heterocycles. The molecule has 0 aliphatic carbocycles. The summed E-state index contributed by atoms with van der Waals surface area (Å²) in [5, 5.41) is 7.50. The van der Waals surface area contributed by atoms with Crippen molar-refractivity contribution in [2.45, 2.75) is 19.4 Å². The van der Waals surface area contributed by atoms with Crippen LogP contribution in [-0.2, 0) is 0 Å². The van der Waals surface area contributed by atoms with Crippen LogP contribution in [0.25, 0.3) is 5.95 Å². The van der Waals surface area contributed by atoms with Gasteiger partial charge >= 0.3 is 0 Å². The van der Waals surface area contributed by atoms with Gasteiger partial charge < -0.3 is 5.32 Å². The van der Waals surface area contributed by atoms with Crippen LogP contribution in [0.15, 0.2) is 18.5 Å². The van der Waals surface area contributed by atoms with Gasteiger partial charge in [0.05, 0.1) is 0 Å². The lowest BCUT2D eigenvalue weighted by molar-refractivity contribution is 0.747. The predicted molar refractivity (Wildman–Crippen MR) is 78.0 cm³/mol. The number of nitrogens with one attached hydrogen (secondary N) is 1. The monoisotopic (exact) mass is 298 g/mol. The molecule has 2 rings (SSSR count). The number of aromatic nitrogens is 5. The highest BCUT2D eigenvalue weighted by Gasteiger charge is 2.11. The zero-order chi connectivity index (χ0) is 13.7. The standard InChI is InChI=1S/C11H15ClN6S/c1-3-8(7-19-2)14-10-15-9(12)16-11(17-10)18-6-4-5-13-18/h4-6,8H,3,7H2,1-2H3,(H,14,15,16,17). The quantitative estimate of drug-likeness (QED) is 0.882. The molecule has 102 valence electrons. The van der Waals surface area contributed by atoms with E-state index in [1.807, 2.05) is 0 Å². The fraction of sp³-hybridized carbons (Fsp3) is 0.455. The minimum atomic E-state index is 0.155. The molecular weight excluding hydrogens is 284 g/mol. The van der Waals surface area contributed by atoms with Crippen molar-refractivity contribution in [3.8, 4) is 5.95 Å². The van der Waals surface area contributed by atoms with Crippen molar-refractivity contribution < 1.29 is 0 Å². The van der Waals surface area contributed by atoms with Crippen LogP contribution in [0.2, 0.25) is 5.28 Å². The van der Waals surface area contributed by atoms with Gasteiger partial charge in [-0.3, -0.25) is 0 Å². The second kappa shape index (κ2) is 6.72. The van der Waals surface area contributed by atoms with Gasteiger partial charge in [-0.2, -0.15) is 31.8 Å². The lowest BCUT2D eigenvalue weighted by Gasteiger charge is -2.15. The summed E-state index contributed by atoms with van der Waals surface area (Å²) in [6, 6.07) is 2.10. The molecule has 2 aromatic heterocycles. The molecule has 0 aromatic carbocycles. The van der Waals surface area contributed by atoms with E-state index in [9.17, 15) is 0 Å². The third-order valence-electron chi connectivity index (χ3n) is 2.50. The van der Waals surface area contributed by atoms with Gasteiger partial charge in [-0.1, -0.05) is 6.92 Å². The molecule has 0 spiro atoms. The number of anilines is 1. The first-order valence-electron chi connectivity index (χ1n) is 5.90. The molecule has 0 aliphatic rings. The molecule has 1 unspecified atom stereocenters. The van der Waals surface area contributed by atoms with Crippen molar-refractivity contribution in [3.63, 3.8) is 0 Å². The van der Waals surface area contributed by atoms with E-state index in [-0.39, 0.29) is 5.28 Å². The van der Waals surface area contributed by atoms with Gasteiger partial charge in [-0.25, -0.2) is 4.68 Å². The van der Waals surface area contributed by atoms with E-state index in [4.69, 9.17) is 11.6 Å². The van der Waals surface area contributed by atoms with E-state index in [1.165, 1.54) is 0 Å². The van der Waals surface area contributed by atoms with Crippen LogP contribution in [0.5, 0.6) is 0 Å². The smallest absolute Gasteiger partial charge is 0.256 e. The maximum Gasteiger partial charge on any atom is 0.256 e. The van der Waals surface area contributed by atoms with Gasteiger partial charge in [0.25, 0.3) is 5.95 Å². The Hall–Kier alpha value is -1.34. The van der Waals surface area contributed by atoms with Gasteiger partial charge in [0.15, 0.2) is 0 Å². The lowest BCUT2D eigenvalue weighted by atomic mass is 10.3. The highest BCUT2D eigenvalue weighted by molar-refractivity contribution is 7.98. The highest BCUT2D eigenvalue weighted by Crippen LogP contribution is 2.12. The predicted octanol–water partition coefficient (Wildman–Crippen LogP) is 2.26. The number of thioether (sulfide) groups is 1. The number of nitrogens with zero attached hydrogens (tertiary/aromatic N) is 5. The Morgan fingerprint density at radius 1 is 1.42 bits per heavy atom. The third-order valence-corrected chi connectivity index (χ3v) is 3.40. The Labute approximate surface area is 121 Å². The second-order valence-electron chi connectivity index (χ2n) is 3.88. The van der Waals surface area contributed by atoms with Crippen molar-refractivity contribution in [1.29, 1.82) is 0 Å². The van der Waals surface area contributed by atoms with Gasteiger partial charge in [0.2, 0.25) is 11.2 Å². The Bertz CT molecular complexity index is 518. The summed E-state index contributed by atoms with van der Waals surface area (Å²) in [7, 11) is 0. The molecule has 0 saturated carbocycles. The van der Waals surface area contributed by atoms with E-state index in [0.29, 0.717) is 17.9 Å². The van der Waals surface area contributed by atoms with Crippen LogP contribution in [-0.4, -0.2) is 42.8 Å². The van der Waals surface area contributed by atoms with Crippen molar-refractivity contribution in [2.24, 2.45) is 0 Å². The first-order valence-corrected chi connectivity index (χ1v) is 7.67. The van der Waals surface area contributed by atoms with Crippen molar-refractivity contribution in [3.05, 3.63) is 23.7 Å². The van der Waals surface area contributed by atoms with Gasteiger partial charge in [0, 0.05) is 24.2 Å². The molecule has 0 amide bonds. The Balaban J connectivity index is 2.21. The molecule has 0 fully saturated rings. The average Bonchev–Trinajstić information content (AvgIpc) is 2.91. The summed E-state index contributed by atoms with van der Waals surface area (Å²) in [6.45, 7) is 2.12. The number of hydrogen-bond acceptors (Lipinski definition) is 6. The van der Waals surface area contributed by atoms with Crippen LogP contribution < -0.4 is 5.32 Å². The molecule has 0 saturated heterocycles. The highest BCUT2D eigenvalue weighted by atomic mass is 35.5. The number of halogens is 1. The van der Waals surface area contributed by atoms with E-state index in [2.05, 4.69) is 38.5 Å². The third kappa shape index (κ3) is 3.81. The molecule has 2 heterocycles. The van der Waals surface area contributed by atoms with E-state index >= 15 is 0 Å². The molecule has 2 aromatic rings. The first kappa shape index (κ1) is 14.1. The lowest BCUT2D eigenvalue weighted by Crippen LogP contribution is -2.23. The molecule has 0 bridgehead atoms. The van der Waals surface area contributed by atoms with E-state index in [0.717, 1.165) is 12.2 Å². The summed E-state index contributed by atoms with van der Waals surface area (Å²) in [6.07, 6.45) is 6.48. The Kier molecular flexibility index (Phi) is 4.98. The Morgan fingerprint density at radius 2 is 2.26 bits per heavy atom. The molecule has 19 heavy (non-hydrogen) atoms. The fourth-order valence-electron chi connectivity index (χ4n) is 1.54. The van der Waals surface area contributed by atoms with Crippen LogP contribution in [0.1, 0.15) is 13.3 Å². The van der Waals surface area contributed by atoms with E-state index < -0.39 is 0 Å². The summed E-state index contributed by atoms with van der Waals surface area (Å²) in [4.78, 5) is 12.5. The molecule has 6 nitrogen and oxygen atoms in total. The van der Waals surface area contributed by atoms with Crippen molar-refractivity contribution in [2.75, 3.05) is 17.3 Å². The zero-order valence-corrected chi connectivity index (χ0v) is 12.3. The molecule has 1 atom stereocenters. The molecule has 0 radical (unpaired) electrons. The second-order valence-corrected chi connectivity index (χ2v) is 5.13. The average molecular weight is 299 g/mol. The fourth-order valence-corrected chi connectivity index (χ4v) is 2.42. The van der Waals surface area contributed by atoms with Gasteiger partial charge in [-0.05, 0) is 30.3 Å². The van der Waals surface area contributed by atoms with Gasteiger partial charge in [0.1, 0.15) is 0 Å². The van der Waals surface area contributed by atoms with Crippen LogP contribution in [0, 0.1) is 0 Å². The van der Waals surface area contributed by atoms with Crippen LogP contribution in [0.3, 0.4) is 0 Å². The summed E-state index contributed by atoms with van der Waals surface area (Å²) in [5.41, 5.74) is 0. The first-order chi connectivity index (χ1) is 9.22. The maximum atomic E-state index is 5.92. The number of hydrogen-bond donors (Lipinski definition) is 1. The largest absolute Gasteiger partial charge is 0.350 e. The normalized spacial score (nSPS) is 12.4. The zero-order valence-electron chi connectivity index (χ0n) is 10.7. The van der Waals surface area contributed by atoms with Crippen LogP contribution >= 0.6 is 23.4 Å². The maximum absolute atomic E-state index is 5.92. The SMILES string of the molecule is CCC(CSC)Nc1nc(Cl)nc(-n2cccn2)n1. The van der Waals surface area contributed by atoms with Crippen LogP contribution in [0.4, 0.5) is 5.95 Å². The van der Waals surface area contributed by atoms with E-state index in [1.54, 1.807) is 34.9 Å². The molecular formula is C11H15ClN6S. The summed E-state index contributed by atoms with van der Waals surface area (Å²) in [5.74, 6) is 1.87. The minimum Gasteiger partial charge on any atom is -0.350 e. The Morgan fingerprint density at radius 3 is 2.89 bits per heavy atom. The van der Waals surface area contributed by atoms with Crippen molar-refractivity contribution >= 4 is 29.3 Å². The number of rotatable bonds is 6.